The van der Waals surface area contributed by atoms with Crippen molar-refractivity contribution in [1.29, 1.82) is 0 Å². The van der Waals surface area contributed by atoms with Crippen molar-refractivity contribution in [1.82, 2.24) is 5.32 Å². The lowest BCUT2D eigenvalue weighted by atomic mass is 10.0. The average Bonchev–Trinajstić information content (AvgIpc) is 2.72. The fourth-order valence-corrected chi connectivity index (χ4v) is 2.21. The van der Waals surface area contributed by atoms with E-state index >= 15 is 0 Å². The Hall–Kier alpha value is -0.860. The molecule has 1 aliphatic heterocycles. The molecule has 2 unspecified atom stereocenters. The first kappa shape index (κ1) is 11.6. The second-order valence-electron chi connectivity index (χ2n) is 4.56. The van der Waals surface area contributed by atoms with Crippen LogP contribution in [0.4, 0.5) is 0 Å². The molecule has 0 saturated carbocycles. The Balaban J connectivity index is 1.62. The van der Waals surface area contributed by atoms with E-state index < -0.39 is 0 Å². The predicted octanol–water partition coefficient (Wildman–Crippen LogP) is 2.24. The van der Waals surface area contributed by atoms with Crippen LogP contribution >= 0.6 is 0 Å². The second-order valence-corrected chi connectivity index (χ2v) is 4.56. The van der Waals surface area contributed by atoms with Gasteiger partial charge in [0.1, 0.15) is 0 Å². The van der Waals surface area contributed by atoms with Gasteiger partial charge in [0.05, 0.1) is 6.10 Å². The predicted molar refractivity (Wildman–Crippen MR) is 66.5 cm³/mol. The molecule has 1 aromatic carbocycles. The number of benzene rings is 1. The zero-order chi connectivity index (χ0) is 11.2. The van der Waals surface area contributed by atoms with E-state index in [9.17, 15) is 0 Å². The molecule has 0 amide bonds. The van der Waals surface area contributed by atoms with Gasteiger partial charge in [0.15, 0.2) is 0 Å². The van der Waals surface area contributed by atoms with Crippen LogP contribution in [0.5, 0.6) is 0 Å². The van der Waals surface area contributed by atoms with E-state index in [2.05, 4.69) is 42.6 Å². The van der Waals surface area contributed by atoms with Gasteiger partial charge in [0.25, 0.3) is 0 Å². The molecule has 0 spiro atoms. The third-order valence-corrected chi connectivity index (χ3v) is 3.37. The maximum atomic E-state index is 5.54. The Morgan fingerprint density at radius 3 is 2.81 bits per heavy atom. The number of ether oxygens (including phenoxy) is 1. The quantitative estimate of drug-likeness (QED) is 0.767. The normalized spacial score (nSPS) is 24.8. The summed E-state index contributed by atoms with van der Waals surface area (Å²) < 4.78 is 5.54. The van der Waals surface area contributed by atoms with E-state index in [-0.39, 0.29) is 0 Å². The molecule has 1 aromatic rings. The van der Waals surface area contributed by atoms with Crippen molar-refractivity contribution in [2.45, 2.75) is 25.9 Å². The van der Waals surface area contributed by atoms with Crippen LogP contribution in [0.15, 0.2) is 30.3 Å². The van der Waals surface area contributed by atoms with Crippen molar-refractivity contribution in [3.05, 3.63) is 35.9 Å². The monoisotopic (exact) mass is 219 g/mol. The van der Waals surface area contributed by atoms with Crippen molar-refractivity contribution in [3.8, 4) is 0 Å². The Labute approximate surface area is 98.0 Å². The van der Waals surface area contributed by atoms with E-state index in [1.807, 2.05) is 0 Å². The molecule has 2 atom stereocenters. The highest BCUT2D eigenvalue weighted by Crippen LogP contribution is 2.19. The first-order chi connectivity index (χ1) is 7.86. The molecule has 1 N–H and O–H groups in total. The van der Waals surface area contributed by atoms with Gasteiger partial charge in [-0.05, 0) is 37.8 Å². The van der Waals surface area contributed by atoms with E-state index in [4.69, 9.17) is 4.74 Å². The second kappa shape index (κ2) is 6.02. The van der Waals surface area contributed by atoms with Crippen molar-refractivity contribution in [3.63, 3.8) is 0 Å². The van der Waals surface area contributed by atoms with Gasteiger partial charge in [-0.15, -0.1) is 0 Å². The molecule has 1 saturated heterocycles. The van der Waals surface area contributed by atoms with Crippen LogP contribution in [0.2, 0.25) is 0 Å². The number of hydrogen-bond acceptors (Lipinski definition) is 2. The minimum Gasteiger partial charge on any atom is -0.378 e. The zero-order valence-electron chi connectivity index (χ0n) is 9.99. The van der Waals surface area contributed by atoms with Gasteiger partial charge in [0, 0.05) is 13.2 Å². The molecule has 88 valence electrons. The van der Waals surface area contributed by atoms with E-state index in [0.717, 1.165) is 26.1 Å². The van der Waals surface area contributed by atoms with Crippen LogP contribution in [0.3, 0.4) is 0 Å². The first-order valence-corrected chi connectivity index (χ1v) is 6.22. The Morgan fingerprint density at radius 2 is 2.12 bits per heavy atom. The van der Waals surface area contributed by atoms with Gasteiger partial charge in [-0.3, -0.25) is 0 Å². The van der Waals surface area contributed by atoms with Crippen molar-refractivity contribution in [2.75, 3.05) is 19.7 Å². The summed E-state index contributed by atoms with van der Waals surface area (Å²) >= 11 is 0. The number of rotatable bonds is 5. The molecular formula is C14H21NO. The number of hydrogen-bond donors (Lipinski definition) is 1. The molecule has 1 fully saturated rings. The smallest absolute Gasteiger partial charge is 0.0588 e. The number of nitrogens with one attached hydrogen (secondary N) is 1. The Bertz CT molecular complexity index is 299. The van der Waals surface area contributed by atoms with Crippen molar-refractivity contribution in [2.24, 2.45) is 5.92 Å². The van der Waals surface area contributed by atoms with Gasteiger partial charge < -0.3 is 10.1 Å². The lowest BCUT2D eigenvalue weighted by molar-refractivity contribution is 0.105. The molecule has 0 radical (unpaired) electrons. The molecule has 0 aliphatic carbocycles. The molecule has 1 heterocycles. The Kier molecular flexibility index (Phi) is 4.37. The third kappa shape index (κ3) is 3.32. The molecule has 2 heteroatoms. The molecule has 0 bridgehead atoms. The summed E-state index contributed by atoms with van der Waals surface area (Å²) in [7, 11) is 0. The van der Waals surface area contributed by atoms with Gasteiger partial charge in [-0.2, -0.15) is 0 Å². The fraction of sp³-hybridized carbons (Fsp3) is 0.571. The average molecular weight is 219 g/mol. The summed E-state index contributed by atoms with van der Waals surface area (Å²) in [5.41, 5.74) is 1.41. The minimum atomic E-state index is 0.434. The lowest BCUT2D eigenvalue weighted by Gasteiger charge is -2.14. The van der Waals surface area contributed by atoms with Gasteiger partial charge in [-0.1, -0.05) is 30.3 Å². The van der Waals surface area contributed by atoms with E-state index in [1.54, 1.807) is 0 Å². The van der Waals surface area contributed by atoms with E-state index in [1.165, 1.54) is 12.0 Å². The highest BCUT2D eigenvalue weighted by molar-refractivity contribution is 5.14. The highest BCUT2D eigenvalue weighted by Gasteiger charge is 2.23. The van der Waals surface area contributed by atoms with Crippen LogP contribution in [0.1, 0.15) is 18.9 Å². The fourth-order valence-electron chi connectivity index (χ4n) is 2.21. The lowest BCUT2D eigenvalue weighted by Crippen LogP contribution is -2.28. The van der Waals surface area contributed by atoms with Crippen LogP contribution in [0.25, 0.3) is 0 Å². The third-order valence-electron chi connectivity index (χ3n) is 3.37. The standard InChI is InChI=1S/C14H21NO/c1-12-14(8-10-16-12)11-15-9-7-13-5-3-2-4-6-13/h2-6,12,14-15H,7-11H2,1H3. The summed E-state index contributed by atoms with van der Waals surface area (Å²) in [6, 6.07) is 10.6. The largest absolute Gasteiger partial charge is 0.378 e. The van der Waals surface area contributed by atoms with Gasteiger partial charge in [0.2, 0.25) is 0 Å². The zero-order valence-corrected chi connectivity index (χ0v) is 9.99. The van der Waals surface area contributed by atoms with Gasteiger partial charge in [-0.25, -0.2) is 0 Å². The molecule has 0 aromatic heterocycles. The topological polar surface area (TPSA) is 21.3 Å². The molecule has 2 rings (SSSR count). The summed E-state index contributed by atoms with van der Waals surface area (Å²) in [5, 5.41) is 3.53. The summed E-state index contributed by atoms with van der Waals surface area (Å²) in [4.78, 5) is 0. The van der Waals surface area contributed by atoms with Crippen LogP contribution in [-0.4, -0.2) is 25.8 Å². The summed E-state index contributed by atoms with van der Waals surface area (Å²) in [6.45, 7) is 5.27. The first-order valence-electron chi connectivity index (χ1n) is 6.22. The Morgan fingerprint density at radius 1 is 1.31 bits per heavy atom. The molecule has 2 nitrogen and oxygen atoms in total. The molecule has 16 heavy (non-hydrogen) atoms. The summed E-state index contributed by atoms with van der Waals surface area (Å²) in [5.74, 6) is 0.704. The van der Waals surface area contributed by atoms with Gasteiger partial charge >= 0.3 is 0 Å². The van der Waals surface area contributed by atoms with Crippen LogP contribution in [0, 0.1) is 5.92 Å². The van der Waals surface area contributed by atoms with Crippen LogP contribution < -0.4 is 5.32 Å². The van der Waals surface area contributed by atoms with Crippen molar-refractivity contribution < 1.29 is 4.74 Å². The maximum absolute atomic E-state index is 5.54. The minimum absolute atomic E-state index is 0.434. The van der Waals surface area contributed by atoms with E-state index in [0.29, 0.717) is 12.0 Å². The van der Waals surface area contributed by atoms with Crippen molar-refractivity contribution >= 4 is 0 Å². The highest BCUT2D eigenvalue weighted by atomic mass is 16.5. The van der Waals surface area contributed by atoms with Crippen LogP contribution in [-0.2, 0) is 11.2 Å². The SMILES string of the molecule is CC1OCCC1CNCCc1ccccc1. The maximum Gasteiger partial charge on any atom is 0.0588 e. The molecular weight excluding hydrogens is 198 g/mol. The molecule has 1 aliphatic rings. The summed E-state index contributed by atoms with van der Waals surface area (Å²) in [6.07, 6.45) is 2.76.